The lowest BCUT2D eigenvalue weighted by molar-refractivity contribution is -0.132. The van der Waals surface area contributed by atoms with Gasteiger partial charge in [0.25, 0.3) is 5.91 Å². The number of carbonyl (C=O) groups is 2. The highest BCUT2D eigenvalue weighted by Gasteiger charge is 2.51. The van der Waals surface area contributed by atoms with Crippen LogP contribution in [0.1, 0.15) is 24.5 Å². The summed E-state index contributed by atoms with van der Waals surface area (Å²) in [6.07, 6.45) is 0.415. The van der Waals surface area contributed by atoms with Crippen LogP contribution >= 0.6 is 0 Å². The third-order valence-electron chi connectivity index (χ3n) is 4.54. The van der Waals surface area contributed by atoms with Crippen molar-refractivity contribution in [1.82, 2.24) is 10.2 Å². The SMILES string of the molecule is CC[C@@]1(c2ccccc2)NC(=O)N(Cc2cc(F)ccc2OC)C1=O. The second-order valence-electron chi connectivity index (χ2n) is 5.90. The number of imide groups is 1. The smallest absolute Gasteiger partial charge is 0.325 e. The minimum absolute atomic E-state index is 0.0554. The molecule has 2 aromatic rings. The van der Waals surface area contributed by atoms with E-state index in [4.69, 9.17) is 4.74 Å². The van der Waals surface area contributed by atoms with Crippen molar-refractivity contribution in [2.75, 3.05) is 7.11 Å². The van der Waals surface area contributed by atoms with Crippen LogP contribution in [0.15, 0.2) is 48.5 Å². The van der Waals surface area contributed by atoms with Crippen LogP contribution in [0.2, 0.25) is 0 Å². The highest BCUT2D eigenvalue weighted by atomic mass is 19.1. The number of carbonyl (C=O) groups excluding carboxylic acids is 2. The van der Waals surface area contributed by atoms with Gasteiger partial charge in [-0.1, -0.05) is 37.3 Å². The maximum atomic E-state index is 13.6. The van der Waals surface area contributed by atoms with E-state index >= 15 is 0 Å². The molecule has 3 amide bonds. The molecular weight excluding hydrogens is 323 g/mol. The molecular formula is C19H19FN2O3. The Labute approximate surface area is 145 Å². The number of rotatable bonds is 5. The lowest BCUT2D eigenvalue weighted by Crippen LogP contribution is -2.43. The number of halogens is 1. The Hall–Kier alpha value is -2.89. The summed E-state index contributed by atoms with van der Waals surface area (Å²) in [6.45, 7) is 1.79. The molecule has 0 unspecified atom stereocenters. The number of urea groups is 1. The summed E-state index contributed by atoms with van der Waals surface area (Å²) in [5, 5.41) is 2.81. The number of hydrogen-bond donors (Lipinski definition) is 1. The van der Waals surface area contributed by atoms with Crippen LogP contribution in [0.4, 0.5) is 9.18 Å². The van der Waals surface area contributed by atoms with Gasteiger partial charge in [0, 0.05) is 5.56 Å². The van der Waals surface area contributed by atoms with Crippen LogP contribution in [-0.2, 0) is 16.9 Å². The summed E-state index contributed by atoms with van der Waals surface area (Å²) in [5.74, 6) is -0.374. The molecule has 25 heavy (non-hydrogen) atoms. The summed E-state index contributed by atoms with van der Waals surface area (Å²) < 4.78 is 18.8. The van der Waals surface area contributed by atoms with Crippen LogP contribution in [0.5, 0.6) is 5.75 Å². The first-order valence-electron chi connectivity index (χ1n) is 8.04. The zero-order valence-corrected chi connectivity index (χ0v) is 14.1. The van der Waals surface area contributed by atoms with Crippen molar-refractivity contribution in [3.05, 3.63) is 65.5 Å². The predicted octanol–water partition coefficient (Wildman–Crippen LogP) is 3.19. The molecule has 5 nitrogen and oxygen atoms in total. The first-order chi connectivity index (χ1) is 12.0. The van der Waals surface area contributed by atoms with Gasteiger partial charge in [0.05, 0.1) is 13.7 Å². The zero-order chi connectivity index (χ0) is 18.0. The van der Waals surface area contributed by atoms with Gasteiger partial charge in [-0.2, -0.15) is 0 Å². The molecule has 1 fully saturated rings. The van der Waals surface area contributed by atoms with Gasteiger partial charge >= 0.3 is 6.03 Å². The molecule has 1 aliphatic rings. The number of ether oxygens (including phenoxy) is 1. The van der Waals surface area contributed by atoms with E-state index in [2.05, 4.69) is 5.32 Å². The molecule has 0 radical (unpaired) electrons. The van der Waals surface area contributed by atoms with E-state index in [1.54, 1.807) is 0 Å². The Balaban J connectivity index is 1.96. The van der Waals surface area contributed by atoms with E-state index in [1.165, 1.54) is 25.3 Å². The standard InChI is InChI=1S/C19H19FN2O3/c1-3-19(14-7-5-4-6-8-14)17(23)22(18(24)21-19)12-13-11-15(20)9-10-16(13)25-2/h4-11H,3,12H2,1-2H3,(H,21,24)/t19-/m0/s1. The van der Waals surface area contributed by atoms with E-state index < -0.39 is 17.4 Å². The third-order valence-corrected chi connectivity index (χ3v) is 4.54. The van der Waals surface area contributed by atoms with Crippen molar-refractivity contribution in [1.29, 1.82) is 0 Å². The summed E-state index contributed by atoms with van der Waals surface area (Å²) in [5.41, 5.74) is 0.0642. The average molecular weight is 342 g/mol. The van der Waals surface area contributed by atoms with Crippen LogP contribution < -0.4 is 10.1 Å². The Kier molecular flexibility index (Phi) is 4.44. The van der Waals surface area contributed by atoms with Gasteiger partial charge in [-0.15, -0.1) is 0 Å². The fourth-order valence-electron chi connectivity index (χ4n) is 3.17. The molecule has 0 aromatic heterocycles. The number of hydrogen-bond acceptors (Lipinski definition) is 3. The van der Waals surface area contributed by atoms with Crippen LogP contribution in [0.25, 0.3) is 0 Å². The Morgan fingerprint density at radius 3 is 2.52 bits per heavy atom. The number of nitrogens with one attached hydrogen (secondary N) is 1. The van der Waals surface area contributed by atoms with Gasteiger partial charge in [0.1, 0.15) is 17.1 Å². The predicted molar refractivity (Wildman–Crippen MR) is 90.4 cm³/mol. The second-order valence-corrected chi connectivity index (χ2v) is 5.90. The largest absolute Gasteiger partial charge is 0.496 e. The fourth-order valence-corrected chi connectivity index (χ4v) is 3.17. The number of nitrogens with zero attached hydrogens (tertiary/aromatic N) is 1. The lowest BCUT2D eigenvalue weighted by atomic mass is 9.87. The van der Waals surface area contributed by atoms with Crippen LogP contribution in [0, 0.1) is 5.82 Å². The van der Waals surface area contributed by atoms with Crippen molar-refractivity contribution >= 4 is 11.9 Å². The van der Waals surface area contributed by atoms with Crippen molar-refractivity contribution in [2.45, 2.75) is 25.4 Å². The van der Waals surface area contributed by atoms with Gasteiger partial charge < -0.3 is 10.1 Å². The van der Waals surface area contributed by atoms with Gasteiger partial charge in [-0.05, 0) is 30.2 Å². The topological polar surface area (TPSA) is 58.6 Å². The summed E-state index contributed by atoms with van der Waals surface area (Å²) >= 11 is 0. The van der Waals surface area contributed by atoms with Gasteiger partial charge in [-0.25, -0.2) is 9.18 Å². The van der Waals surface area contributed by atoms with E-state index in [-0.39, 0.29) is 12.5 Å². The molecule has 3 rings (SSSR count). The maximum Gasteiger partial charge on any atom is 0.325 e. The van der Waals surface area contributed by atoms with Crippen molar-refractivity contribution in [2.24, 2.45) is 0 Å². The molecule has 0 bridgehead atoms. The molecule has 1 saturated heterocycles. The quantitative estimate of drug-likeness (QED) is 0.849. The molecule has 1 N–H and O–H groups in total. The summed E-state index contributed by atoms with van der Waals surface area (Å²) in [6, 6.07) is 12.7. The molecule has 2 aromatic carbocycles. The van der Waals surface area contributed by atoms with Gasteiger partial charge in [-0.3, -0.25) is 9.69 Å². The Morgan fingerprint density at radius 1 is 1.16 bits per heavy atom. The normalized spacial score (nSPS) is 19.9. The Bertz CT molecular complexity index is 810. The van der Waals surface area contributed by atoms with Crippen LogP contribution in [0.3, 0.4) is 0 Å². The fraction of sp³-hybridized carbons (Fsp3) is 0.263. The van der Waals surface area contributed by atoms with Gasteiger partial charge in [0.15, 0.2) is 0 Å². The first kappa shape index (κ1) is 17.0. The van der Waals surface area contributed by atoms with E-state index in [0.29, 0.717) is 17.7 Å². The highest BCUT2D eigenvalue weighted by Crippen LogP contribution is 2.34. The van der Waals surface area contributed by atoms with Crippen molar-refractivity contribution in [3.8, 4) is 5.75 Å². The monoisotopic (exact) mass is 342 g/mol. The maximum absolute atomic E-state index is 13.6. The first-order valence-corrected chi connectivity index (χ1v) is 8.04. The molecule has 1 heterocycles. The van der Waals surface area contributed by atoms with E-state index in [0.717, 1.165) is 10.5 Å². The second kappa shape index (κ2) is 6.55. The number of methoxy groups -OCH3 is 1. The molecule has 0 aliphatic carbocycles. The molecule has 0 spiro atoms. The zero-order valence-electron chi connectivity index (χ0n) is 14.1. The lowest BCUT2D eigenvalue weighted by Gasteiger charge is -2.25. The Morgan fingerprint density at radius 2 is 1.88 bits per heavy atom. The minimum atomic E-state index is -1.10. The summed E-state index contributed by atoms with van der Waals surface area (Å²) in [7, 11) is 1.46. The molecule has 6 heteroatoms. The van der Waals surface area contributed by atoms with E-state index in [9.17, 15) is 14.0 Å². The molecule has 130 valence electrons. The van der Waals surface area contributed by atoms with Gasteiger partial charge in [0.2, 0.25) is 0 Å². The van der Waals surface area contributed by atoms with E-state index in [1.807, 2.05) is 37.3 Å². The van der Waals surface area contributed by atoms with Crippen molar-refractivity contribution < 1.29 is 18.7 Å². The minimum Gasteiger partial charge on any atom is -0.496 e. The number of amides is 3. The molecule has 1 atom stereocenters. The average Bonchev–Trinajstić information content (AvgIpc) is 2.88. The molecule has 0 saturated carbocycles. The number of benzene rings is 2. The third kappa shape index (κ3) is 2.84. The summed E-state index contributed by atoms with van der Waals surface area (Å²) in [4.78, 5) is 26.7. The van der Waals surface area contributed by atoms with Crippen LogP contribution in [-0.4, -0.2) is 23.9 Å². The molecule has 1 aliphatic heterocycles. The van der Waals surface area contributed by atoms with Crippen molar-refractivity contribution in [3.63, 3.8) is 0 Å². The highest BCUT2D eigenvalue weighted by molar-refractivity contribution is 6.07.